The van der Waals surface area contributed by atoms with Crippen LogP contribution in [-0.2, 0) is 11.2 Å². The van der Waals surface area contributed by atoms with Gasteiger partial charge in [-0.1, -0.05) is 55.5 Å². The van der Waals surface area contributed by atoms with Crippen molar-refractivity contribution in [3.05, 3.63) is 90.0 Å². The summed E-state index contributed by atoms with van der Waals surface area (Å²) in [5, 5.41) is 8.65. The molecule has 0 fully saturated rings. The molecule has 33 heavy (non-hydrogen) atoms. The summed E-state index contributed by atoms with van der Waals surface area (Å²) in [5.74, 6) is 0.0824. The maximum absolute atomic E-state index is 12.8. The van der Waals surface area contributed by atoms with Crippen LogP contribution in [0.3, 0.4) is 0 Å². The Balaban J connectivity index is 1.56. The lowest BCUT2D eigenvalue weighted by atomic mass is 10.1. The van der Waals surface area contributed by atoms with E-state index in [0.717, 1.165) is 18.4 Å². The van der Waals surface area contributed by atoms with Crippen LogP contribution in [0.2, 0.25) is 0 Å². The molecule has 0 radical (unpaired) electrons. The minimum Gasteiger partial charge on any atom is -0.492 e. The van der Waals surface area contributed by atoms with Gasteiger partial charge in [0.1, 0.15) is 5.75 Å². The molecule has 0 aliphatic rings. The average Bonchev–Trinajstić information content (AvgIpc) is 2.80. The minimum atomic E-state index is -0.366. The van der Waals surface area contributed by atoms with Gasteiger partial charge in [-0.3, -0.25) is 14.9 Å². The van der Waals surface area contributed by atoms with Crippen LogP contribution in [0.4, 0.5) is 11.4 Å². The monoisotopic (exact) mass is 461 g/mol. The number of thiocarbonyl (C=S) groups is 1. The predicted molar refractivity (Wildman–Crippen MR) is 136 cm³/mol. The second-order valence-electron chi connectivity index (χ2n) is 7.37. The van der Waals surface area contributed by atoms with Gasteiger partial charge in [0.05, 0.1) is 12.2 Å². The van der Waals surface area contributed by atoms with Gasteiger partial charge in [-0.05, 0) is 54.5 Å². The summed E-state index contributed by atoms with van der Waals surface area (Å²) in [6.45, 7) is 2.40. The van der Waals surface area contributed by atoms with Crippen molar-refractivity contribution in [2.24, 2.45) is 0 Å². The highest BCUT2D eigenvalue weighted by Crippen LogP contribution is 2.19. The van der Waals surface area contributed by atoms with Crippen molar-refractivity contribution >= 4 is 40.5 Å². The molecule has 3 rings (SSSR count). The smallest absolute Gasteiger partial charge is 0.261 e. The van der Waals surface area contributed by atoms with Crippen LogP contribution in [0.15, 0.2) is 78.9 Å². The molecule has 0 aliphatic carbocycles. The molecule has 0 bridgehead atoms. The minimum absolute atomic E-state index is 0.0469. The summed E-state index contributed by atoms with van der Waals surface area (Å²) < 4.78 is 5.87. The lowest BCUT2D eigenvalue weighted by Gasteiger charge is -2.14. The van der Waals surface area contributed by atoms with Crippen LogP contribution < -0.4 is 20.7 Å². The lowest BCUT2D eigenvalue weighted by Crippen LogP contribution is -2.34. The number of anilines is 2. The van der Waals surface area contributed by atoms with Gasteiger partial charge in [-0.15, -0.1) is 0 Å². The maximum atomic E-state index is 12.8. The Kier molecular flexibility index (Phi) is 8.97. The SMILES string of the molecule is CCCC(=O)Nc1cccc(NC(=S)NC(=O)c2ccccc2OCCc2ccccc2)c1. The van der Waals surface area contributed by atoms with Crippen molar-refractivity contribution in [1.29, 1.82) is 0 Å². The van der Waals surface area contributed by atoms with Crippen molar-refractivity contribution in [3.63, 3.8) is 0 Å². The van der Waals surface area contributed by atoms with E-state index < -0.39 is 0 Å². The Morgan fingerprint density at radius 2 is 1.58 bits per heavy atom. The summed E-state index contributed by atoms with van der Waals surface area (Å²) in [7, 11) is 0. The Morgan fingerprint density at radius 1 is 0.879 bits per heavy atom. The largest absolute Gasteiger partial charge is 0.492 e. The third-order valence-corrected chi connectivity index (χ3v) is 4.94. The van der Waals surface area contributed by atoms with E-state index in [1.807, 2.05) is 43.3 Å². The third-order valence-electron chi connectivity index (χ3n) is 4.73. The first-order chi connectivity index (χ1) is 16.0. The number of rotatable bonds is 9. The molecule has 3 N–H and O–H groups in total. The van der Waals surface area contributed by atoms with E-state index >= 15 is 0 Å². The number of para-hydroxylation sites is 1. The number of benzene rings is 3. The topological polar surface area (TPSA) is 79.5 Å². The summed E-state index contributed by atoms with van der Waals surface area (Å²) in [6.07, 6.45) is 1.97. The van der Waals surface area contributed by atoms with Gasteiger partial charge in [0.15, 0.2) is 5.11 Å². The first-order valence-corrected chi connectivity index (χ1v) is 11.2. The molecule has 0 atom stereocenters. The molecule has 0 spiro atoms. The zero-order valence-electron chi connectivity index (χ0n) is 18.5. The van der Waals surface area contributed by atoms with E-state index in [2.05, 4.69) is 16.0 Å². The number of nitrogens with one attached hydrogen (secondary N) is 3. The molecule has 6 nitrogen and oxygen atoms in total. The molecule has 170 valence electrons. The van der Waals surface area contributed by atoms with Gasteiger partial charge in [0, 0.05) is 24.2 Å². The maximum Gasteiger partial charge on any atom is 0.261 e. The van der Waals surface area contributed by atoms with E-state index in [-0.39, 0.29) is 16.9 Å². The molecule has 0 aliphatic heterocycles. The fourth-order valence-electron chi connectivity index (χ4n) is 3.16. The van der Waals surface area contributed by atoms with Crippen molar-refractivity contribution < 1.29 is 14.3 Å². The van der Waals surface area contributed by atoms with Crippen LogP contribution in [0.5, 0.6) is 5.75 Å². The van der Waals surface area contributed by atoms with Crippen molar-refractivity contribution in [2.75, 3.05) is 17.2 Å². The molecular weight excluding hydrogens is 434 g/mol. The quantitative estimate of drug-likeness (QED) is 0.383. The molecule has 7 heteroatoms. The Morgan fingerprint density at radius 3 is 2.33 bits per heavy atom. The molecule has 0 heterocycles. The normalized spacial score (nSPS) is 10.2. The zero-order valence-corrected chi connectivity index (χ0v) is 19.3. The number of carbonyl (C=O) groups is 2. The van der Waals surface area contributed by atoms with Crippen LogP contribution in [0.1, 0.15) is 35.7 Å². The van der Waals surface area contributed by atoms with Crippen LogP contribution in [-0.4, -0.2) is 23.5 Å². The predicted octanol–water partition coefficient (Wildman–Crippen LogP) is 5.17. The van der Waals surface area contributed by atoms with E-state index in [4.69, 9.17) is 17.0 Å². The number of hydrogen-bond acceptors (Lipinski definition) is 4. The standard InChI is InChI=1S/C26H27N3O3S/c1-2-9-24(30)27-20-12-8-13-21(18-20)28-26(33)29-25(31)22-14-6-7-15-23(22)32-17-16-19-10-4-3-5-11-19/h3-8,10-15,18H,2,9,16-17H2,1H3,(H,27,30)(H2,28,29,31,33). The first-order valence-electron chi connectivity index (χ1n) is 10.8. The number of amides is 2. The number of ether oxygens (including phenoxy) is 1. The van der Waals surface area contributed by atoms with E-state index in [0.29, 0.717) is 35.7 Å². The molecule has 0 unspecified atom stereocenters. The summed E-state index contributed by atoms with van der Waals surface area (Å²) >= 11 is 5.31. The summed E-state index contributed by atoms with van der Waals surface area (Å²) in [6, 6.07) is 24.2. The van der Waals surface area contributed by atoms with Crippen molar-refractivity contribution in [1.82, 2.24) is 5.32 Å². The van der Waals surface area contributed by atoms with Crippen LogP contribution in [0, 0.1) is 0 Å². The van der Waals surface area contributed by atoms with Gasteiger partial charge in [0.25, 0.3) is 5.91 Å². The Hall–Kier alpha value is -3.71. The Labute approximate surface area is 199 Å². The molecule has 0 saturated heterocycles. The second-order valence-corrected chi connectivity index (χ2v) is 7.78. The number of hydrogen-bond donors (Lipinski definition) is 3. The number of carbonyl (C=O) groups excluding carboxylic acids is 2. The summed E-state index contributed by atoms with van der Waals surface area (Å²) in [5.41, 5.74) is 2.87. The van der Waals surface area contributed by atoms with Gasteiger partial charge in [-0.25, -0.2) is 0 Å². The molecule has 2 amide bonds. The zero-order chi connectivity index (χ0) is 23.5. The van der Waals surface area contributed by atoms with Gasteiger partial charge >= 0.3 is 0 Å². The first kappa shape index (κ1) is 23.9. The highest BCUT2D eigenvalue weighted by atomic mass is 32.1. The highest BCUT2D eigenvalue weighted by molar-refractivity contribution is 7.80. The molecule has 0 saturated carbocycles. The molecular formula is C26H27N3O3S. The van der Waals surface area contributed by atoms with Crippen LogP contribution in [0.25, 0.3) is 0 Å². The van der Waals surface area contributed by atoms with Crippen molar-refractivity contribution in [3.8, 4) is 5.75 Å². The fourth-order valence-corrected chi connectivity index (χ4v) is 3.37. The fraction of sp³-hybridized carbons (Fsp3) is 0.192. The van der Waals surface area contributed by atoms with Crippen LogP contribution >= 0.6 is 12.2 Å². The third kappa shape index (κ3) is 7.73. The van der Waals surface area contributed by atoms with E-state index in [9.17, 15) is 9.59 Å². The average molecular weight is 462 g/mol. The summed E-state index contributed by atoms with van der Waals surface area (Å²) in [4.78, 5) is 24.6. The molecule has 0 aromatic heterocycles. The van der Waals surface area contributed by atoms with E-state index in [1.165, 1.54) is 0 Å². The second kappa shape index (κ2) is 12.4. The molecule has 3 aromatic carbocycles. The van der Waals surface area contributed by atoms with Gasteiger partial charge in [0.2, 0.25) is 5.91 Å². The molecule has 3 aromatic rings. The van der Waals surface area contributed by atoms with Gasteiger partial charge < -0.3 is 15.4 Å². The Bertz CT molecular complexity index is 1100. The van der Waals surface area contributed by atoms with E-state index in [1.54, 1.807) is 42.5 Å². The lowest BCUT2D eigenvalue weighted by molar-refractivity contribution is -0.116. The highest BCUT2D eigenvalue weighted by Gasteiger charge is 2.14. The van der Waals surface area contributed by atoms with Crippen molar-refractivity contribution in [2.45, 2.75) is 26.2 Å². The van der Waals surface area contributed by atoms with Gasteiger partial charge in [-0.2, -0.15) is 0 Å².